The summed E-state index contributed by atoms with van der Waals surface area (Å²) in [6.07, 6.45) is 2.69. The number of amides is 3. The average Bonchev–Trinajstić information content (AvgIpc) is 2.94. The number of unbranched alkanes of at least 4 members (excludes halogenated alkanes) is 1. The number of hydrogen-bond acceptors (Lipinski definition) is 3. The Labute approximate surface area is 118 Å². The largest absolute Gasteiger partial charge is 0.354 e. The smallest absolute Gasteiger partial charge is 0.321 e. The topological polar surface area (TPSA) is 88.1 Å². The van der Waals surface area contributed by atoms with Gasteiger partial charge in [-0.3, -0.25) is 10.1 Å². The van der Waals surface area contributed by atoms with E-state index in [0.29, 0.717) is 18.8 Å². The van der Waals surface area contributed by atoms with E-state index in [2.05, 4.69) is 28.0 Å². The number of anilines is 1. The van der Waals surface area contributed by atoms with E-state index in [1.807, 2.05) is 13.0 Å². The van der Waals surface area contributed by atoms with Crippen molar-refractivity contribution < 1.29 is 9.59 Å². The van der Waals surface area contributed by atoms with Gasteiger partial charge in [0, 0.05) is 19.2 Å². The molecule has 0 unspecified atom stereocenters. The van der Waals surface area contributed by atoms with E-state index >= 15 is 0 Å². The van der Waals surface area contributed by atoms with Crippen LogP contribution in [0.5, 0.6) is 0 Å². The maximum Gasteiger partial charge on any atom is 0.321 e. The first-order valence-electron chi connectivity index (χ1n) is 7.00. The van der Waals surface area contributed by atoms with Gasteiger partial charge in [0.25, 0.3) is 0 Å². The van der Waals surface area contributed by atoms with Crippen LogP contribution in [0, 0.1) is 6.92 Å². The minimum absolute atomic E-state index is 0.129. The molecule has 1 aromatic heterocycles. The van der Waals surface area contributed by atoms with Crippen LogP contribution in [0.1, 0.15) is 31.9 Å². The van der Waals surface area contributed by atoms with Gasteiger partial charge in [-0.2, -0.15) is 5.10 Å². The Kier molecular flexibility index (Phi) is 4.60. The van der Waals surface area contributed by atoms with Crippen molar-refractivity contribution in [3.05, 3.63) is 11.8 Å². The van der Waals surface area contributed by atoms with Crippen molar-refractivity contribution in [2.24, 2.45) is 0 Å². The highest BCUT2D eigenvalue weighted by molar-refractivity contribution is 5.93. The molecule has 1 aliphatic heterocycles. The summed E-state index contributed by atoms with van der Waals surface area (Å²) in [5.74, 6) is 0.530. The third-order valence-electron chi connectivity index (χ3n) is 3.22. The van der Waals surface area contributed by atoms with Gasteiger partial charge in [-0.1, -0.05) is 13.3 Å². The molecular formula is C13H21N5O2. The second-order valence-corrected chi connectivity index (χ2v) is 4.98. The van der Waals surface area contributed by atoms with E-state index in [-0.39, 0.29) is 11.9 Å². The molecule has 2 heterocycles. The molecule has 3 amide bonds. The summed E-state index contributed by atoms with van der Waals surface area (Å²) in [4.78, 5) is 23.3. The summed E-state index contributed by atoms with van der Waals surface area (Å²) in [6.45, 7) is 5.37. The lowest BCUT2D eigenvalue weighted by Gasteiger charge is -2.12. The lowest BCUT2D eigenvalue weighted by Crippen LogP contribution is -2.42. The molecule has 1 fully saturated rings. The van der Waals surface area contributed by atoms with Crippen molar-refractivity contribution in [1.29, 1.82) is 0 Å². The van der Waals surface area contributed by atoms with Gasteiger partial charge in [-0.15, -0.1) is 0 Å². The summed E-state index contributed by atoms with van der Waals surface area (Å²) in [6, 6.07) is 1.01. The molecule has 110 valence electrons. The lowest BCUT2D eigenvalue weighted by molar-refractivity contribution is -0.120. The van der Waals surface area contributed by atoms with E-state index in [1.165, 1.54) is 0 Å². The first kappa shape index (κ1) is 14.4. The van der Waals surface area contributed by atoms with Gasteiger partial charge >= 0.3 is 6.03 Å². The van der Waals surface area contributed by atoms with Crippen LogP contribution in [-0.2, 0) is 11.3 Å². The Bertz CT molecular complexity index is 497. The van der Waals surface area contributed by atoms with Crippen molar-refractivity contribution in [1.82, 2.24) is 20.4 Å². The second-order valence-electron chi connectivity index (χ2n) is 4.98. The van der Waals surface area contributed by atoms with Crippen molar-refractivity contribution in [2.75, 3.05) is 11.9 Å². The number of carbonyl (C=O) groups is 2. The first-order chi connectivity index (χ1) is 9.60. The van der Waals surface area contributed by atoms with E-state index < -0.39 is 6.04 Å². The zero-order valence-corrected chi connectivity index (χ0v) is 11.9. The molecule has 1 saturated heterocycles. The highest BCUT2D eigenvalue weighted by Crippen LogP contribution is 2.11. The number of urea groups is 1. The SMILES string of the molecule is CCCCn1nc(C)cc1NC(=O)N[C@@H]1CCNC1=O. The number of nitrogens with one attached hydrogen (secondary N) is 3. The van der Waals surface area contributed by atoms with Gasteiger partial charge in [0.15, 0.2) is 0 Å². The molecule has 0 spiro atoms. The fraction of sp³-hybridized carbons (Fsp3) is 0.615. The number of rotatable bonds is 5. The molecule has 0 aliphatic carbocycles. The minimum atomic E-state index is -0.442. The van der Waals surface area contributed by atoms with Crippen LogP contribution in [0.15, 0.2) is 6.07 Å². The number of hydrogen-bond donors (Lipinski definition) is 3. The zero-order chi connectivity index (χ0) is 14.5. The maximum absolute atomic E-state index is 11.9. The Balaban J connectivity index is 1.94. The number of aryl methyl sites for hydroxylation is 2. The van der Waals surface area contributed by atoms with Crippen LogP contribution in [-0.4, -0.2) is 34.3 Å². The molecule has 2 rings (SSSR count). The summed E-state index contributed by atoms with van der Waals surface area (Å²) >= 11 is 0. The van der Waals surface area contributed by atoms with Crippen molar-refractivity contribution in [3.8, 4) is 0 Å². The van der Waals surface area contributed by atoms with E-state index in [9.17, 15) is 9.59 Å². The number of carbonyl (C=O) groups excluding carboxylic acids is 2. The third kappa shape index (κ3) is 3.49. The Morgan fingerprint density at radius 1 is 1.60 bits per heavy atom. The molecule has 1 aromatic rings. The molecule has 0 radical (unpaired) electrons. The second kappa shape index (κ2) is 6.40. The highest BCUT2D eigenvalue weighted by atomic mass is 16.2. The van der Waals surface area contributed by atoms with E-state index in [1.54, 1.807) is 4.68 Å². The van der Waals surface area contributed by atoms with Crippen LogP contribution >= 0.6 is 0 Å². The van der Waals surface area contributed by atoms with E-state index in [4.69, 9.17) is 0 Å². The summed E-state index contributed by atoms with van der Waals surface area (Å²) < 4.78 is 1.78. The van der Waals surface area contributed by atoms with Crippen LogP contribution in [0.25, 0.3) is 0 Å². The molecule has 0 bridgehead atoms. The van der Waals surface area contributed by atoms with E-state index in [0.717, 1.165) is 25.1 Å². The fourth-order valence-electron chi connectivity index (χ4n) is 2.17. The molecule has 7 nitrogen and oxygen atoms in total. The molecule has 3 N–H and O–H groups in total. The standard InChI is InChI=1S/C13H21N5O2/c1-3-4-7-18-11(8-9(2)17-18)16-13(20)15-10-5-6-14-12(10)19/h8,10H,3-7H2,1-2H3,(H,14,19)(H2,15,16,20)/t10-/m1/s1. The average molecular weight is 279 g/mol. The van der Waals surface area contributed by atoms with Crippen molar-refractivity contribution >= 4 is 17.8 Å². The number of aromatic nitrogens is 2. The van der Waals surface area contributed by atoms with Crippen LogP contribution in [0.2, 0.25) is 0 Å². The summed E-state index contributed by atoms with van der Waals surface area (Å²) in [7, 11) is 0. The first-order valence-corrected chi connectivity index (χ1v) is 7.00. The quantitative estimate of drug-likeness (QED) is 0.751. The van der Waals surface area contributed by atoms with Gasteiger partial charge in [0.2, 0.25) is 5.91 Å². The monoisotopic (exact) mass is 279 g/mol. The fourth-order valence-corrected chi connectivity index (χ4v) is 2.17. The molecule has 7 heteroatoms. The molecule has 1 aliphatic rings. The van der Waals surface area contributed by atoms with Gasteiger partial charge < -0.3 is 10.6 Å². The normalized spacial score (nSPS) is 17.9. The lowest BCUT2D eigenvalue weighted by atomic mass is 10.2. The summed E-state index contributed by atoms with van der Waals surface area (Å²) in [5.41, 5.74) is 0.856. The van der Waals surface area contributed by atoms with Gasteiger partial charge in [0.1, 0.15) is 11.9 Å². The molecular weight excluding hydrogens is 258 g/mol. The van der Waals surface area contributed by atoms with Crippen molar-refractivity contribution in [2.45, 2.75) is 45.7 Å². The van der Waals surface area contributed by atoms with Crippen LogP contribution in [0.4, 0.5) is 10.6 Å². The minimum Gasteiger partial charge on any atom is -0.354 e. The van der Waals surface area contributed by atoms with Gasteiger partial charge in [-0.05, 0) is 19.8 Å². The summed E-state index contributed by atoms with van der Waals surface area (Å²) in [5, 5.41) is 12.5. The van der Waals surface area contributed by atoms with Crippen LogP contribution in [0.3, 0.4) is 0 Å². The molecule has 20 heavy (non-hydrogen) atoms. The maximum atomic E-state index is 11.9. The zero-order valence-electron chi connectivity index (χ0n) is 11.9. The van der Waals surface area contributed by atoms with Gasteiger partial charge in [0.05, 0.1) is 5.69 Å². The number of nitrogens with zero attached hydrogens (tertiary/aromatic N) is 2. The Morgan fingerprint density at radius 2 is 2.40 bits per heavy atom. The molecule has 1 atom stereocenters. The molecule has 0 saturated carbocycles. The highest BCUT2D eigenvalue weighted by Gasteiger charge is 2.25. The predicted molar refractivity (Wildman–Crippen MR) is 75.4 cm³/mol. The molecule has 0 aromatic carbocycles. The third-order valence-corrected chi connectivity index (χ3v) is 3.22. The van der Waals surface area contributed by atoms with Crippen molar-refractivity contribution in [3.63, 3.8) is 0 Å². The Hall–Kier alpha value is -2.05. The van der Waals surface area contributed by atoms with Crippen LogP contribution < -0.4 is 16.0 Å². The Morgan fingerprint density at radius 3 is 3.05 bits per heavy atom. The predicted octanol–water partition coefficient (Wildman–Crippen LogP) is 1.00. The van der Waals surface area contributed by atoms with Gasteiger partial charge in [-0.25, -0.2) is 9.48 Å².